The van der Waals surface area contributed by atoms with Gasteiger partial charge in [0, 0.05) is 49.9 Å². The number of likely N-dealkylation sites (N-methyl/N-ethyl adjacent to an activating group) is 1. The zero-order valence-electron chi connectivity index (χ0n) is 17.9. The number of rotatable bonds is 7. The van der Waals surface area contributed by atoms with Gasteiger partial charge in [-0.1, -0.05) is 11.2 Å². The molecule has 1 saturated carbocycles. The smallest absolute Gasteiger partial charge is 0.278 e. The van der Waals surface area contributed by atoms with Crippen LogP contribution in [0.2, 0.25) is 0 Å². The third-order valence-electron chi connectivity index (χ3n) is 5.82. The van der Waals surface area contributed by atoms with E-state index in [-0.39, 0.29) is 5.91 Å². The second-order valence-electron chi connectivity index (χ2n) is 8.36. The summed E-state index contributed by atoms with van der Waals surface area (Å²) in [6.45, 7) is 4.52. The molecule has 9 heteroatoms. The van der Waals surface area contributed by atoms with E-state index in [2.05, 4.69) is 19.8 Å². The van der Waals surface area contributed by atoms with Crippen molar-refractivity contribution in [1.29, 1.82) is 0 Å². The molecule has 0 atom stereocenters. The SMILES string of the molecule is Cc1cccc(C(=O)N(C)CCc2noc(-c3nn(CC4CC4)c4c3COCC4)n2)n1. The number of aromatic nitrogens is 5. The Morgan fingerprint density at radius 2 is 2.16 bits per heavy atom. The number of nitrogens with zero attached hydrogens (tertiary/aromatic N) is 6. The molecule has 4 heterocycles. The summed E-state index contributed by atoms with van der Waals surface area (Å²) in [5, 5.41) is 8.91. The summed E-state index contributed by atoms with van der Waals surface area (Å²) in [5.41, 5.74) is 4.26. The minimum Gasteiger partial charge on any atom is -0.376 e. The van der Waals surface area contributed by atoms with Crippen LogP contribution < -0.4 is 0 Å². The average Bonchev–Trinajstić information content (AvgIpc) is 3.35. The zero-order chi connectivity index (χ0) is 21.4. The zero-order valence-corrected chi connectivity index (χ0v) is 17.9. The lowest BCUT2D eigenvalue weighted by molar-refractivity contribution is 0.0789. The lowest BCUT2D eigenvalue weighted by atomic mass is 10.1. The Morgan fingerprint density at radius 3 is 2.97 bits per heavy atom. The summed E-state index contributed by atoms with van der Waals surface area (Å²) in [7, 11) is 1.75. The number of carbonyl (C=O) groups is 1. The third-order valence-corrected chi connectivity index (χ3v) is 5.82. The van der Waals surface area contributed by atoms with Crippen LogP contribution in [0.1, 0.15) is 46.1 Å². The predicted octanol–water partition coefficient (Wildman–Crippen LogP) is 2.43. The summed E-state index contributed by atoms with van der Waals surface area (Å²) in [6.07, 6.45) is 3.89. The predicted molar refractivity (Wildman–Crippen MR) is 111 cm³/mol. The molecule has 162 valence electrons. The van der Waals surface area contributed by atoms with Crippen LogP contribution in [0.4, 0.5) is 0 Å². The molecule has 0 bridgehead atoms. The van der Waals surface area contributed by atoms with Crippen molar-refractivity contribution in [2.45, 2.75) is 45.8 Å². The molecule has 0 saturated heterocycles. The van der Waals surface area contributed by atoms with Gasteiger partial charge < -0.3 is 14.2 Å². The molecule has 0 radical (unpaired) electrons. The maximum absolute atomic E-state index is 12.6. The molecule has 1 aliphatic carbocycles. The number of hydrogen-bond donors (Lipinski definition) is 0. The van der Waals surface area contributed by atoms with Gasteiger partial charge in [-0.15, -0.1) is 0 Å². The number of amides is 1. The number of carbonyl (C=O) groups excluding carboxylic acids is 1. The van der Waals surface area contributed by atoms with Crippen molar-refractivity contribution in [2.24, 2.45) is 5.92 Å². The van der Waals surface area contributed by atoms with Gasteiger partial charge in [0.2, 0.25) is 0 Å². The van der Waals surface area contributed by atoms with E-state index < -0.39 is 0 Å². The van der Waals surface area contributed by atoms with Gasteiger partial charge in [0.05, 0.1) is 13.2 Å². The van der Waals surface area contributed by atoms with Gasteiger partial charge in [0.15, 0.2) is 11.5 Å². The highest BCUT2D eigenvalue weighted by molar-refractivity contribution is 5.92. The minimum atomic E-state index is -0.127. The van der Waals surface area contributed by atoms with Crippen molar-refractivity contribution in [3.8, 4) is 11.6 Å². The van der Waals surface area contributed by atoms with Crippen LogP contribution >= 0.6 is 0 Å². The molecule has 1 aliphatic heterocycles. The normalized spacial score (nSPS) is 15.7. The first-order valence-electron chi connectivity index (χ1n) is 10.8. The fourth-order valence-corrected chi connectivity index (χ4v) is 3.86. The number of pyridine rings is 1. The number of hydrogen-bond acceptors (Lipinski definition) is 7. The molecular formula is C22H26N6O3. The first kappa shape index (κ1) is 19.9. The van der Waals surface area contributed by atoms with Crippen LogP contribution in [-0.4, -0.2) is 55.9 Å². The molecular weight excluding hydrogens is 396 g/mol. The van der Waals surface area contributed by atoms with E-state index in [0.717, 1.165) is 35.8 Å². The lowest BCUT2D eigenvalue weighted by Crippen LogP contribution is -2.29. The molecule has 0 spiro atoms. The first-order chi connectivity index (χ1) is 15.1. The summed E-state index contributed by atoms with van der Waals surface area (Å²) >= 11 is 0. The van der Waals surface area contributed by atoms with Crippen LogP contribution in [0.5, 0.6) is 0 Å². The van der Waals surface area contributed by atoms with Gasteiger partial charge in [-0.25, -0.2) is 4.98 Å². The van der Waals surface area contributed by atoms with Crippen LogP contribution in [0, 0.1) is 12.8 Å². The first-order valence-corrected chi connectivity index (χ1v) is 10.8. The molecule has 31 heavy (non-hydrogen) atoms. The summed E-state index contributed by atoms with van der Waals surface area (Å²) in [4.78, 5) is 23.0. The highest BCUT2D eigenvalue weighted by Gasteiger charge is 2.29. The van der Waals surface area contributed by atoms with Crippen molar-refractivity contribution in [3.63, 3.8) is 0 Å². The van der Waals surface area contributed by atoms with E-state index in [0.29, 0.717) is 43.6 Å². The molecule has 0 unspecified atom stereocenters. The van der Waals surface area contributed by atoms with Gasteiger partial charge in [0.25, 0.3) is 11.8 Å². The second kappa shape index (κ2) is 8.22. The van der Waals surface area contributed by atoms with Crippen LogP contribution in [-0.2, 0) is 30.7 Å². The van der Waals surface area contributed by atoms with Crippen molar-refractivity contribution in [2.75, 3.05) is 20.2 Å². The van der Waals surface area contributed by atoms with Gasteiger partial charge in [-0.05, 0) is 37.8 Å². The Hall–Kier alpha value is -3.07. The van der Waals surface area contributed by atoms with E-state index in [1.54, 1.807) is 18.0 Å². The molecule has 0 aromatic carbocycles. The number of ether oxygens (including phenoxy) is 1. The fourth-order valence-electron chi connectivity index (χ4n) is 3.86. The Kier molecular flexibility index (Phi) is 5.27. The highest BCUT2D eigenvalue weighted by atomic mass is 16.5. The molecule has 3 aromatic rings. The van der Waals surface area contributed by atoms with Gasteiger partial charge >= 0.3 is 0 Å². The second-order valence-corrected chi connectivity index (χ2v) is 8.36. The highest BCUT2D eigenvalue weighted by Crippen LogP contribution is 2.34. The Bertz CT molecular complexity index is 1100. The van der Waals surface area contributed by atoms with Gasteiger partial charge in [-0.2, -0.15) is 10.1 Å². The molecule has 1 amide bonds. The van der Waals surface area contributed by atoms with E-state index in [1.807, 2.05) is 19.1 Å². The van der Waals surface area contributed by atoms with Crippen molar-refractivity contribution in [3.05, 3.63) is 46.7 Å². The van der Waals surface area contributed by atoms with E-state index in [1.165, 1.54) is 18.5 Å². The van der Waals surface area contributed by atoms with Crippen molar-refractivity contribution in [1.82, 2.24) is 29.8 Å². The summed E-state index contributed by atoms with van der Waals surface area (Å²) < 4.78 is 13.3. The molecule has 5 rings (SSSR count). The van der Waals surface area contributed by atoms with Crippen molar-refractivity contribution >= 4 is 5.91 Å². The Morgan fingerprint density at radius 1 is 1.29 bits per heavy atom. The minimum absolute atomic E-state index is 0.127. The number of aryl methyl sites for hydroxylation is 1. The maximum Gasteiger partial charge on any atom is 0.278 e. The summed E-state index contributed by atoms with van der Waals surface area (Å²) in [6, 6.07) is 5.43. The monoisotopic (exact) mass is 422 g/mol. The van der Waals surface area contributed by atoms with Gasteiger partial charge in [-0.3, -0.25) is 9.48 Å². The lowest BCUT2D eigenvalue weighted by Gasteiger charge is -2.15. The van der Waals surface area contributed by atoms with E-state index >= 15 is 0 Å². The molecule has 1 fully saturated rings. The van der Waals surface area contributed by atoms with E-state index in [9.17, 15) is 4.79 Å². The topological polar surface area (TPSA) is 99.2 Å². The van der Waals surface area contributed by atoms with Crippen LogP contribution in [0.3, 0.4) is 0 Å². The third kappa shape index (κ3) is 4.23. The molecule has 9 nitrogen and oxygen atoms in total. The Balaban J connectivity index is 1.28. The number of fused-ring (bicyclic) bond motifs is 1. The largest absolute Gasteiger partial charge is 0.376 e. The van der Waals surface area contributed by atoms with Gasteiger partial charge in [0.1, 0.15) is 5.69 Å². The molecule has 0 N–H and O–H groups in total. The summed E-state index contributed by atoms with van der Waals surface area (Å²) in [5.74, 6) is 1.57. The average molecular weight is 422 g/mol. The standard InChI is InChI=1S/C22H26N6O3/c1-14-4-3-5-17(23-14)22(29)27(2)10-8-19-24-21(31-26-19)20-16-13-30-11-9-18(16)28(25-20)12-15-6-7-15/h3-5,15H,6-13H2,1-2H3. The fraction of sp³-hybridized carbons (Fsp3) is 0.500. The quantitative estimate of drug-likeness (QED) is 0.577. The molecule has 3 aromatic heterocycles. The molecule has 2 aliphatic rings. The van der Waals surface area contributed by atoms with Crippen LogP contribution in [0.15, 0.2) is 22.7 Å². The van der Waals surface area contributed by atoms with E-state index in [4.69, 9.17) is 14.4 Å². The van der Waals surface area contributed by atoms with Crippen molar-refractivity contribution < 1.29 is 14.1 Å². The maximum atomic E-state index is 12.6. The Labute approximate surface area is 180 Å². The van der Waals surface area contributed by atoms with Crippen LogP contribution in [0.25, 0.3) is 11.6 Å².